The molecule has 0 aromatic carbocycles. The molecule has 0 saturated carbocycles. The summed E-state index contributed by atoms with van der Waals surface area (Å²) in [6.45, 7) is 9.13. The number of carbonyl (C=O) groups excluding carboxylic acids is 1. The third kappa shape index (κ3) is 6.52. The number of pyridine rings is 1. The second kappa shape index (κ2) is 8.53. The van der Waals surface area contributed by atoms with Crippen molar-refractivity contribution in [3.05, 3.63) is 23.9 Å². The van der Waals surface area contributed by atoms with E-state index in [0.717, 1.165) is 30.9 Å². The molecule has 0 aliphatic rings. The van der Waals surface area contributed by atoms with Gasteiger partial charge in [0.15, 0.2) is 0 Å². The molecule has 3 N–H and O–H groups in total. The van der Waals surface area contributed by atoms with Crippen LogP contribution in [-0.2, 0) is 11.3 Å². The monoisotopic (exact) mass is 278 g/mol. The molecule has 0 saturated heterocycles. The number of anilines is 1. The second-order valence-corrected chi connectivity index (χ2v) is 5.51. The van der Waals surface area contributed by atoms with Crippen LogP contribution in [0, 0.1) is 5.92 Å². The number of aromatic nitrogens is 1. The van der Waals surface area contributed by atoms with Gasteiger partial charge in [-0.3, -0.25) is 9.69 Å². The van der Waals surface area contributed by atoms with Crippen LogP contribution < -0.4 is 11.1 Å². The molecule has 1 aromatic rings. The number of nitrogens with one attached hydrogen (secondary N) is 1. The van der Waals surface area contributed by atoms with Gasteiger partial charge in [0.1, 0.15) is 5.82 Å². The van der Waals surface area contributed by atoms with Crippen molar-refractivity contribution in [2.24, 2.45) is 11.7 Å². The van der Waals surface area contributed by atoms with Crippen LogP contribution in [0.15, 0.2) is 18.3 Å². The molecule has 1 amide bonds. The molecule has 5 nitrogen and oxygen atoms in total. The van der Waals surface area contributed by atoms with Gasteiger partial charge in [0.2, 0.25) is 5.91 Å². The van der Waals surface area contributed by atoms with Gasteiger partial charge >= 0.3 is 0 Å². The van der Waals surface area contributed by atoms with E-state index in [1.807, 2.05) is 18.3 Å². The van der Waals surface area contributed by atoms with E-state index >= 15 is 0 Å². The van der Waals surface area contributed by atoms with Gasteiger partial charge in [-0.25, -0.2) is 4.98 Å². The molecule has 1 aromatic heterocycles. The van der Waals surface area contributed by atoms with Crippen LogP contribution >= 0.6 is 0 Å². The predicted molar refractivity (Wildman–Crippen MR) is 82.3 cm³/mol. The summed E-state index contributed by atoms with van der Waals surface area (Å²) in [5.74, 6) is 1.09. The minimum absolute atomic E-state index is 0.286. The zero-order valence-electron chi connectivity index (χ0n) is 12.7. The van der Waals surface area contributed by atoms with Crippen LogP contribution in [0.4, 0.5) is 5.82 Å². The van der Waals surface area contributed by atoms with E-state index < -0.39 is 0 Å². The lowest BCUT2D eigenvalue weighted by Crippen LogP contribution is -2.35. The number of hydrogen-bond donors (Lipinski definition) is 2. The van der Waals surface area contributed by atoms with E-state index in [9.17, 15) is 4.79 Å². The zero-order chi connectivity index (χ0) is 15.0. The number of primary amides is 1. The number of amides is 1. The highest BCUT2D eigenvalue weighted by Gasteiger charge is 2.11. The van der Waals surface area contributed by atoms with Crippen molar-refractivity contribution in [2.75, 3.05) is 25.0 Å². The van der Waals surface area contributed by atoms with Crippen molar-refractivity contribution in [3.63, 3.8) is 0 Å². The van der Waals surface area contributed by atoms with Gasteiger partial charge in [-0.2, -0.15) is 0 Å². The first-order valence-electron chi connectivity index (χ1n) is 7.20. The fraction of sp³-hybridized carbons (Fsp3) is 0.600. The summed E-state index contributed by atoms with van der Waals surface area (Å²) in [6, 6.07) is 4.02. The Labute approximate surface area is 121 Å². The van der Waals surface area contributed by atoms with E-state index in [1.165, 1.54) is 0 Å². The minimum atomic E-state index is -0.292. The van der Waals surface area contributed by atoms with Gasteiger partial charge < -0.3 is 11.1 Å². The Balaban J connectivity index is 2.60. The summed E-state index contributed by atoms with van der Waals surface area (Å²) in [6.07, 6.45) is 2.93. The lowest BCUT2D eigenvalue weighted by molar-refractivity contribution is -0.119. The van der Waals surface area contributed by atoms with Gasteiger partial charge in [0.25, 0.3) is 0 Å². The smallest absolute Gasteiger partial charge is 0.231 e. The highest BCUT2D eigenvalue weighted by Crippen LogP contribution is 2.09. The van der Waals surface area contributed by atoms with Crippen molar-refractivity contribution in [1.29, 1.82) is 0 Å². The van der Waals surface area contributed by atoms with Gasteiger partial charge in [-0.15, -0.1) is 0 Å². The average molecular weight is 278 g/mol. The van der Waals surface area contributed by atoms with E-state index in [1.54, 1.807) is 0 Å². The first-order valence-corrected chi connectivity index (χ1v) is 7.20. The summed E-state index contributed by atoms with van der Waals surface area (Å²) >= 11 is 0. The summed E-state index contributed by atoms with van der Waals surface area (Å²) in [5, 5.41) is 3.24. The normalized spacial score (nSPS) is 11.1. The van der Waals surface area contributed by atoms with Gasteiger partial charge in [0, 0.05) is 25.8 Å². The maximum atomic E-state index is 11.1. The fourth-order valence-corrected chi connectivity index (χ4v) is 2.06. The van der Waals surface area contributed by atoms with Crippen LogP contribution in [0.1, 0.15) is 32.8 Å². The molecule has 112 valence electrons. The number of nitrogens with two attached hydrogens (primary N) is 1. The summed E-state index contributed by atoms with van der Waals surface area (Å²) < 4.78 is 0. The lowest BCUT2D eigenvalue weighted by Gasteiger charge is -2.22. The molecule has 0 atom stereocenters. The summed E-state index contributed by atoms with van der Waals surface area (Å²) in [4.78, 5) is 17.5. The molecule has 0 bridgehead atoms. The van der Waals surface area contributed by atoms with Crippen molar-refractivity contribution in [2.45, 2.75) is 33.7 Å². The summed E-state index contributed by atoms with van der Waals surface area (Å²) in [5.41, 5.74) is 6.39. The van der Waals surface area contributed by atoms with Gasteiger partial charge in [-0.05, 0) is 24.0 Å². The maximum Gasteiger partial charge on any atom is 0.231 e. The first kappa shape index (κ1) is 16.4. The van der Waals surface area contributed by atoms with Crippen LogP contribution in [0.25, 0.3) is 0 Å². The van der Waals surface area contributed by atoms with Crippen LogP contribution in [0.2, 0.25) is 0 Å². The molecule has 0 unspecified atom stereocenters. The maximum absolute atomic E-state index is 11.1. The average Bonchev–Trinajstić information content (AvgIpc) is 2.36. The number of rotatable bonds is 9. The molecule has 0 spiro atoms. The third-order valence-electron chi connectivity index (χ3n) is 2.79. The Morgan fingerprint density at radius 2 is 2.20 bits per heavy atom. The van der Waals surface area contributed by atoms with Crippen molar-refractivity contribution in [3.8, 4) is 0 Å². The Morgan fingerprint density at radius 3 is 2.70 bits per heavy atom. The number of hydrogen-bond acceptors (Lipinski definition) is 4. The van der Waals surface area contributed by atoms with Crippen molar-refractivity contribution >= 4 is 11.7 Å². The van der Waals surface area contributed by atoms with Crippen LogP contribution in [-0.4, -0.2) is 35.4 Å². The zero-order valence-corrected chi connectivity index (χ0v) is 12.7. The van der Waals surface area contributed by atoms with E-state index in [-0.39, 0.29) is 12.5 Å². The van der Waals surface area contributed by atoms with Gasteiger partial charge in [-0.1, -0.05) is 26.8 Å². The number of carbonyl (C=O) groups is 1. The molecular weight excluding hydrogens is 252 g/mol. The standard InChI is InChI=1S/C15H26N4O/c1-4-7-17-15-6-5-13(8-18-15)10-19(9-12(2)3)11-14(16)20/h5-6,8,12H,4,7,9-11H2,1-3H3,(H2,16,20)(H,17,18). The molecule has 0 aliphatic carbocycles. The van der Waals surface area contributed by atoms with Crippen molar-refractivity contribution in [1.82, 2.24) is 9.88 Å². The SMILES string of the molecule is CCCNc1ccc(CN(CC(N)=O)CC(C)C)cn1. The highest BCUT2D eigenvalue weighted by molar-refractivity contribution is 5.75. The molecule has 0 aliphatic heterocycles. The Kier molecular flexibility index (Phi) is 7.01. The molecule has 20 heavy (non-hydrogen) atoms. The predicted octanol–water partition coefficient (Wildman–Crippen LogP) is 1.85. The number of nitrogens with zero attached hydrogens (tertiary/aromatic N) is 2. The minimum Gasteiger partial charge on any atom is -0.370 e. The largest absolute Gasteiger partial charge is 0.370 e. The van der Waals surface area contributed by atoms with Crippen molar-refractivity contribution < 1.29 is 4.79 Å². The Bertz CT molecular complexity index is 403. The molecule has 0 radical (unpaired) electrons. The molecule has 1 heterocycles. The highest BCUT2D eigenvalue weighted by atomic mass is 16.1. The van der Waals surface area contributed by atoms with Gasteiger partial charge in [0.05, 0.1) is 6.54 Å². The Morgan fingerprint density at radius 1 is 1.45 bits per heavy atom. The summed E-state index contributed by atoms with van der Waals surface area (Å²) in [7, 11) is 0. The third-order valence-corrected chi connectivity index (χ3v) is 2.79. The molecule has 5 heteroatoms. The quantitative estimate of drug-likeness (QED) is 0.723. The topological polar surface area (TPSA) is 71.2 Å². The Hall–Kier alpha value is -1.62. The second-order valence-electron chi connectivity index (χ2n) is 5.51. The van der Waals surface area contributed by atoms with E-state index in [4.69, 9.17) is 5.73 Å². The lowest BCUT2D eigenvalue weighted by atomic mass is 10.2. The first-order chi connectivity index (χ1) is 9.51. The van der Waals surface area contributed by atoms with E-state index in [2.05, 4.69) is 36.0 Å². The van der Waals surface area contributed by atoms with Crippen LogP contribution in [0.3, 0.4) is 0 Å². The molecule has 1 rings (SSSR count). The van der Waals surface area contributed by atoms with E-state index in [0.29, 0.717) is 12.5 Å². The van der Waals surface area contributed by atoms with Crippen LogP contribution in [0.5, 0.6) is 0 Å². The fourth-order valence-electron chi connectivity index (χ4n) is 2.06. The molecule has 0 fully saturated rings. The molecular formula is C15H26N4O.